The van der Waals surface area contributed by atoms with Gasteiger partial charge in [-0.15, -0.1) is 0 Å². The lowest BCUT2D eigenvalue weighted by Gasteiger charge is -2.28. The zero-order valence-electron chi connectivity index (χ0n) is 17.6. The molecule has 3 aromatic rings. The number of phenols is 1. The highest BCUT2D eigenvalue weighted by Crippen LogP contribution is 2.33. The van der Waals surface area contributed by atoms with Crippen molar-refractivity contribution in [1.82, 2.24) is 15.3 Å². The van der Waals surface area contributed by atoms with Gasteiger partial charge in [-0.3, -0.25) is 4.79 Å². The number of aromatic nitrogens is 2. The molecule has 8 heteroatoms. The van der Waals surface area contributed by atoms with Crippen molar-refractivity contribution in [2.75, 3.05) is 32.2 Å². The number of carbonyl (C=O) groups is 1. The molecule has 162 valence electrons. The number of nitrogens with one attached hydrogen (secondary N) is 2. The van der Waals surface area contributed by atoms with Crippen molar-refractivity contribution in [3.8, 4) is 11.5 Å². The number of rotatable bonds is 8. The maximum atomic E-state index is 12.7. The fraction of sp³-hybridized carbons (Fsp3) is 0.348. The summed E-state index contributed by atoms with van der Waals surface area (Å²) in [6, 6.07) is 10.9. The maximum Gasteiger partial charge on any atom is 0.181 e. The summed E-state index contributed by atoms with van der Waals surface area (Å²) in [5.41, 5.74) is 1.51. The van der Waals surface area contributed by atoms with Gasteiger partial charge >= 0.3 is 0 Å². The third-order valence-electron chi connectivity index (χ3n) is 5.61. The van der Waals surface area contributed by atoms with Crippen LogP contribution in [0.25, 0.3) is 10.9 Å². The Labute approximate surface area is 180 Å². The second-order valence-corrected chi connectivity index (χ2v) is 7.76. The summed E-state index contributed by atoms with van der Waals surface area (Å²) in [5, 5.41) is 17.1. The third kappa shape index (κ3) is 4.30. The maximum absolute atomic E-state index is 12.7. The number of phenolic OH excluding ortho intramolecular Hbond substituents is 1. The number of carbonyl (C=O) groups excluding carboxylic acids is 1. The van der Waals surface area contributed by atoms with Crippen molar-refractivity contribution in [2.45, 2.75) is 25.3 Å². The standard InChI is InChI=1S/C23H26N4O4/c1-15-11-16(7-8-18(15)28)27-22-21-17(24-14-25-22)5-3-6-19(21)31-13-23(9-4-10-26-23)20(29)12-30-2/h3,5-8,11,14,26,28H,4,9-10,12-13H2,1-2H3,(H,24,25,27)/t23-/m1/s1. The Kier molecular flexibility index (Phi) is 6.01. The van der Waals surface area contributed by atoms with E-state index in [1.165, 1.54) is 13.4 Å². The van der Waals surface area contributed by atoms with Gasteiger partial charge in [-0.2, -0.15) is 0 Å². The van der Waals surface area contributed by atoms with E-state index in [-0.39, 0.29) is 24.7 Å². The van der Waals surface area contributed by atoms with E-state index in [0.29, 0.717) is 18.0 Å². The molecule has 1 atom stereocenters. The van der Waals surface area contributed by atoms with Crippen LogP contribution in [-0.2, 0) is 9.53 Å². The molecule has 2 heterocycles. The van der Waals surface area contributed by atoms with Crippen LogP contribution in [0.1, 0.15) is 18.4 Å². The topological polar surface area (TPSA) is 106 Å². The molecule has 1 aliphatic heterocycles. The van der Waals surface area contributed by atoms with Crippen molar-refractivity contribution < 1.29 is 19.4 Å². The molecule has 0 unspecified atom stereocenters. The lowest BCUT2D eigenvalue weighted by Crippen LogP contribution is -2.53. The SMILES string of the molecule is COCC(=O)[C@]1(COc2cccc3ncnc(Nc4ccc(O)c(C)c4)c23)CCCN1. The van der Waals surface area contributed by atoms with Gasteiger partial charge in [-0.25, -0.2) is 9.97 Å². The Morgan fingerprint density at radius 3 is 2.90 bits per heavy atom. The van der Waals surface area contributed by atoms with Crippen LogP contribution in [0.15, 0.2) is 42.7 Å². The number of benzene rings is 2. The smallest absolute Gasteiger partial charge is 0.181 e. The molecule has 4 rings (SSSR count). The average Bonchev–Trinajstić information content (AvgIpc) is 3.25. The molecule has 0 aliphatic carbocycles. The van der Waals surface area contributed by atoms with Crippen molar-refractivity contribution in [2.24, 2.45) is 0 Å². The molecule has 1 saturated heterocycles. The van der Waals surface area contributed by atoms with Gasteiger partial charge in [-0.1, -0.05) is 6.07 Å². The predicted molar refractivity (Wildman–Crippen MR) is 118 cm³/mol. The van der Waals surface area contributed by atoms with Crippen LogP contribution in [0.3, 0.4) is 0 Å². The first-order valence-corrected chi connectivity index (χ1v) is 10.2. The minimum atomic E-state index is -0.754. The van der Waals surface area contributed by atoms with Crippen LogP contribution in [0.5, 0.6) is 11.5 Å². The molecule has 0 radical (unpaired) electrons. The van der Waals surface area contributed by atoms with E-state index < -0.39 is 5.54 Å². The van der Waals surface area contributed by atoms with Gasteiger partial charge in [0.1, 0.15) is 42.4 Å². The fourth-order valence-electron chi connectivity index (χ4n) is 3.88. The van der Waals surface area contributed by atoms with E-state index in [9.17, 15) is 9.90 Å². The number of nitrogens with zero attached hydrogens (tertiary/aromatic N) is 2. The molecular weight excluding hydrogens is 396 g/mol. The molecular formula is C23H26N4O4. The zero-order chi connectivity index (χ0) is 21.8. The second-order valence-electron chi connectivity index (χ2n) is 7.76. The summed E-state index contributed by atoms with van der Waals surface area (Å²) in [4.78, 5) is 21.5. The van der Waals surface area contributed by atoms with Crippen molar-refractivity contribution in [3.63, 3.8) is 0 Å². The lowest BCUT2D eigenvalue weighted by atomic mass is 9.93. The first-order chi connectivity index (χ1) is 15.0. The lowest BCUT2D eigenvalue weighted by molar-refractivity contribution is -0.129. The second kappa shape index (κ2) is 8.87. The molecule has 1 fully saturated rings. The van der Waals surface area contributed by atoms with Gasteiger partial charge < -0.3 is 25.2 Å². The minimum absolute atomic E-state index is 0.0121. The van der Waals surface area contributed by atoms with Crippen LogP contribution >= 0.6 is 0 Å². The predicted octanol–water partition coefficient (Wildman–Crippen LogP) is 3.10. The fourth-order valence-corrected chi connectivity index (χ4v) is 3.88. The molecule has 2 aromatic carbocycles. The third-order valence-corrected chi connectivity index (χ3v) is 5.61. The van der Waals surface area contributed by atoms with Crippen LogP contribution in [0.2, 0.25) is 0 Å². The summed E-state index contributed by atoms with van der Waals surface area (Å²) in [7, 11) is 1.52. The van der Waals surface area contributed by atoms with Crippen LogP contribution < -0.4 is 15.4 Å². The first kappa shape index (κ1) is 21.0. The van der Waals surface area contributed by atoms with E-state index in [2.05, 4.69) is 20.6 Å². The Balaban J connectivity index is 1.65. The highest BCUT2D eigenvalue weighted by molar-refractivity contribution is 5.96. The average molecular weight is 422 g/mol. The van der Waals surface area contributed by atoms with Crippen LogP contribution in [0, 0.1) is 6.92 Å². The highest BCUT2D eigenvalue weighted by atomic mass is 16.5. The number of methoxy groups -OCH3 is 1. The van der Waals surface area contributed by atoms with Crippen LogP contribution in [0.4, 0.5) is 11.5 Å². The van der Waals surface area contributed by atoms with Crippen molar-refractivity contribution in [1.29, 1.82) is 0 Å². The monoisotopic (exact) mass is 422 g/mol. The molecule has 0 saturated carbocycles. The minimum Gasteiger partial charge on any atom is -0.508 e. The quantitative estimate of drug-likeness (QED) is 0.476. The Morgan fingerprint density at radius 1 is 1.29 bits per heavy atom. The van der Waals surface area contributed by atoms with Gasteiger partial charge in [0.2, 0.25) is 0 Å². The normalized spacial score (nSPS) is 18.3. The molecule has 8 nitrogen and oxygen atoms in total. The van der Waals surface area contributed by atoms with Crippen molar-refractivity contribution >= 4 is 28.2 Å². The Bertz CT molecular complexity index is 1090. The first-order valence-electron chi connectivity index (χ1n) is 10.2. The number of aromatic hydroxyl groups is 1. The number of hydrogen-bond donors (Lipinski definition) is 3. The number of ether oxygens (including phenoxy) is 2. The molecule has 0 spiro atoms. The van der Waals surface area contributed by atoms with E-state index in [1.807, 2.05) is 31.2 Å². The van der Waals surface area contributed by atoms with E-state index >= 15 is 0 Å². The van der Waals surface area contributed by atoms with Gasteiger partial charge in [0, 0.05) is 12.8 Å². The summed E-state index contributed by atoms with van der Waals surface area (Å²) in [6.45, 7) is 2.84. The number of aryl methyl sites for hydroxylation is 1. The Hall–Kier alpha value is -3.23. The number of anilines is 2. The van der Waals surface area contributed by atoms with Gasteiger partial charge in [0.15, 0.2) is 5.78 Å². The number of ketones is 1. The molecule has 3 N–H and O–H groups in total. The Morgan fingerprint density at radius 2 is 2.16 bits per heavy atom. The summed E-state index contributed by atoms with van der Waals surface area (Å²) >= 11 is 0. The molecule has 1 aromatic heterocycles. The number of Topliss-reactive ketones (excluding diaryl/α,β-unsaturated/α-hetero) is 1. The number of hydrogen-bond acceptors (Lipinski definition) is 8. The zero-order valence-corrected chi connectivity index (χ0v) is 17.6. The summed E-state index contributed by atoms with van der Waals surface area (Å²) in [6.07, 6.45) is 3.10. The molecule has 1 aliphatic rings. The van der Waals surface area contributed by atoms with E-state index in [1.54, 1.807) is 12.1 Å². The highest BCUT2D eigenvalue weighted by Gasteiger charge is 2.41. The van der Waals surface area contributed by atoms with Crippen molar-refractivity contribution in [3.05, 3.63) is 48.3 Å². The van der Waals surface area contributed by atoms with Gasteiger partial charge in [-0.05, 0) is 62.2 Å². The van der Waals surface area contributed by atoms with Crippen LogP contribution in [-0.4, -0.2) is 53.3 Å². The largest absolute Gasteiger partial charge is 0.508 e. The molecule has 0 amide bonds. The van der Waals surface area contributed by atoms with E-state index in [0.717, 1.165) is 35.1 Å². The molecule has 0 bridgehead atoms. The van der Waals surface area contributed by atoms with Gasteiger partial charge in [0.25, 0.3) is 0 Å². The summed E-state index contributed by atoms with van der Waals surface area (Å²) < 4.78 is 11.3. The summed E-state index contributed by atoms with van der Waals surface area (Å²) in [5.74, 6) is 1.40. The number of fused-ring (bicyclic) bond motifs is 1. The van der Waals surface area contributed by atoms with Gasteiger partial charge in [0.05, 0.1) is 10.9 Å². The molecule has 31 heavy (non-hydrogen) atoms. The van der Waals surface area contributed by atoms with E-state index in [4.69, 9.17) is 9.47 Å².